The number of ether oxygens (including phenoxy) is 2. The number of nitrogens with zero attached hydrogens (tertiary/aromatic N) is 2. The SMILES string of the molecule is CN=C(NCCCCCOC)N1CC(C)C(C(=O)OC)C1. The molecule has 1 rings (SSSR count). The highest BCUT2D eigenvalue weighted by Gasteiger charge is 2.36. The summed E-state index contributed by atoms with van der Waals surface area (Å²) >= 11 is 0. The number of methoxy groups -OCH3 is 2. The maximum Gasteiger partial charge on any atom is 0.310 e. The van der Waals surface area contributed by atoms with Crippen LogP contribution in [0.15, 0.2) is 4.99 Å². The molecule has 0 radical (unpaired) electrons. The molecule has 122 valence electrons. The zero-order valence-electron chi connectivity index (χ0n) is 13.7. The van der Waals surface area contributed by atoms with Gasteiger partial charge in [0.1, 0.15) is 0 Å². The van der Waals surface area contributed by atoms with Crippen LogP contribution < -0.4 is 5.32 Å². The Bertz CT molecular complexity index is 347. The average molecular weight is 299 g/mol. The third-order valence-electron chi connectivity index (χ3n) is 3.94. The van der Waals surface area contributed by atoms with Crippen LogP contribution in [0, 0.1) is 11.8 Å². The quantitative estimate of drug-likeness (QED) is 0.330. The van der Waals surface area contributed by atoms with Gasteiger partial charge in [0.2, 0.25) is 0 Å². The van der Waals surface area contributed by atoms with Gasteiger partial charge in [-0.15, -0.1) is 0 Å². The summed E-state index contributed by atoms with van der Waals surface area (Å²) in [7, 11) is 4.96. The number of nitrogens with one attached hydrogen (secondary N) is 1. The lowest BCUT2D eigenvalue weighted by Gasteiger charge is -2.21. The summed E-state index contributed by atoms with van der Waals surface area (Å²) in [5.41, 5.74) is 0. The van der Waals surface area contributed by atoms with Crippen LogP contribution in [-0.4, -0.2) is 64.3 Å². The molecular weight excluding hydrogens is 270 g/mol. The molecule has 1 heterocycles. The van der Waals surface area contributed by atoms with E-state index >= 15 is 0 Å². The van der Waals surface area contributed by atoms with Crippen molar-refractivity contribution in [3.63, 3.8) is 0 Å². The molecule has 1 N–H and O–H groups in total. The summed E-state index contributed by atoms with van der Waals surface area (Å²) in [6.07, 6.45) is 3.31. The van der Waals surface area contributed by atoms with Crippen LogP contribution in [-0.2, 0) is 14.3 Å². The van der Waals surface area contributed by atoms with E-state index in [-0.39, 0.29) is 17.8 Å². The van der Waals surface area contributed by atoms with Gasteiger partial charge in [0.15, 0.2) is 5.96 Å². The molecule has 1 saturated heterocycles. The number of hydrogen-bond donors (Lipinski definition) is 1. The summed E-state index contributed by atoms with van der Waals surface area (Å²) in [4.78, 5) is 18.2. The lowest BCUT2D eigenvalue weighted by molar-refractivity contribution is -0.145. The Morgan fingerprint density at radius 1 is 1.29 bits per heavy atom. The molecule has 1 aliphatic rings. The van der Waals surface area contributed by atoms with Gasteiger partial charge in [-0.3, -0.25) is 9.79 Å². The number of unbranched alkanes of at least 4 members (excludes halogenated alkanes) is 2. The molecule has 0 aliphatic carbocycles. The van der Waals surface area contributed by atoms with E-state index in [1.165, 1.54) is 7.11 Å². The van der Waals surface area contributed by atoms with E-state index < -0.39 is 0 Å². The lowest BCUT2D eigenvalue weighted by atomic mass is 9.99. The van der Waals surface area contributed by atoms with Crippen LogP contribution in [0.1, 0.15) is 26.2 Å². The maximum absolute atomic E-state index is 11.7. The molecular formula is C15H29N3O3. The first-order valence-electron chi connectivity index (χ1n) is 7.66. The van der Waals surface area contributed by atoms with Crippen molar-refractivity contribution in [2.24, 2.45) is 16.8 Å². The van der Waals surface area contributed by atoms with Crippen LogP contribution in [0.4, 0.5) is 0 Å². The first kappa shape index (κ1) is 17.8. The second-order valence-electron chi connectivity index (χ2n) is 5.54. The largest absolute Gasteiger partial charge is 0.469 e. The van der Waals surface area contributed by atoms with E-state index in [4.69, 9.17) is 9.47 Å². The Hall–Kier alpha value is -1.30. The van der Waals surface area contributed by atoms with Gasteiger partial charge in [-0.05, 0) is 25.2 Å². The zero-order valence-corrected chi connectivity index (χ0v) is 13.7. The van der Waals surface area contributed by atoms with E-state index in [2.05, 4.69) is 22.1 Å². The molecule has 2 atom stereocenters. The summed E-state index contributed by atoms with van der Waals surface area (Å²) in [6.45, 7) is 5.31. The summed E-state index contributed by atoms with van der Waals surface area (Å²) in [5.74, 6) is 0.980. The second kappa shape index (κ2) is 9.60. The standard InChI is InChI=1S/C15H29N3O3/c1-12-10-18(11-13(12)14(19)21-4)15(16-2)17-8-6-5-7-9-20-3/h12-13H,5-11H2,1-4H3,(H,16,17). The van der Waals surface area contributed by atoms with Gasteiger partial charge in [-0.25, -0.2) is 0 Å². The minimum absolute atomic E-state index is 0.0600. The smallest absolute Gasteiger partial charge is 0.310 e. The topological polar surface area (TPSA) is 63.2 Å². The third kappa shape index (κ3) is 5.53. The number of carbonyl (C=O) groups excluding carboxylic acids is 1. The Balaban J connectivity index is 2.35. The molecule has 1 fully saturated rings. The highest BCUT2D eigenvalue weighted by Crippen LogP contribution is 2.23. The number of esters is 1. The first-order chi connectivity index (χ1) is 10.1. The molecule has 0 bridgehead atoms. The second-order valence-corrected chi connectivity index (χ2v) is 5.54. The van der Waals surface area contributed by atoms with Crippen molar-refractivity contribution in [2.75, 3.05) is 47.5 Å². The van der Waals surface area contributed by atoms with Gasteiger partial charge in [-0.2, -0.15) is 0 Å². The number of likely N-dealkylation sites (tertiary alicyclic amines) is 1. The van der Waals surface area contributed by atoms with Crippen molar-refractivity contribution in [1.29, 1.82) is 0 Å². The van der Waals surface area contributed by atoms with Crippen LogP contribution in [0.5, 0.6) is 0 Å². The van der Waals surface area contributed by atoms with Crippen molar-refractivity contribution in [3.8, 4) is 0 Å². The number of aliphatic imine (C=N–C) groups is 1. The average Bonchev–Trinajstić information content (AvgIpc) is 2.87. The normalized spacial score (nSPS) is 22.5. The van der Waals surface area contributed by atoms with Gasteiger partial charge in [0.25, 0.3) is 0 Å². The highest BCUT2D eigenvalue weighted by molar-refractivity contribution is 5.82. The number of rotatable bonds is 7. The van der Waals surface area contributed by atoms with Crippen molar-refractivity contribution in [3.05, 3.63) is 0 Å². The molecule has 2 unspecified atom stereocenters. The first-order valence-corrected chi connectivity index (χ1v) is 7.66. The maximum atomic E-state index is 11.7. The van der Waals surface area contributed by atoms with Crippen LogP contribution in [0.2, 0.25) is 0 Å². The van der Waals surface area contributed by atoms with E-state index in [0.717, 1.165) is 44.9 Å². The van der Waals surface area contributed by atoms with E-state index in [0.29, 0.717) is 6.54 Å². The molecule has 1 aliphatic heterocycles. The Labute approximate surface area is 127 Å². The van der Waals surface area contributed by atoms with Gasteiger partial charge in [-0.1, -0.05) is 6.92 Å². The number of hydrogen-bond acceptors (Lipinski definition) is 4. The van der Waals surface area contributed by atoms with Crippen molar-refractivity contribution < 1.29 is 14.3 Å². The fraction of sp³-hybridized carbons (Fsp3) is 0.867. The molecule has 0 aromatic carbocycles. The minimum Gasteiger partial charge on any atom is -0.469 e. The van der Waals surface area contributed by atoms with Crippen molar-refractivity contribution >= 4 is 11.9 Å². The van der Waals surface area contributed by atoms with Gasteiger partial charge >= 0.3 is 5.97 Å². The Morgan fingerprint density at radius 2 is 2.05 bits per heavy atom. The molecule has 21 heavy (non-hydrogen) atoms. The van der Waals surface area contributed by atoms with Crippen molar-refractivity contribution in [2.45, 2.75) is 26.2 Å². The fourth-order valence-electron chi connectivity index (χ4n) is 2.68. The summed E-state index contributed by atoms with van der Waals surface area (Å²) < 4.78 is 9.90. The Kier molecular flexibility index (Phi) is 8.12. The molecule has 6 heteroatoms. The molecule has 0 saturated carbocycles. The molecule has 0 amide bonds. The monoisotopic (exact) mass is 299 g/mol. The van der Waals surface area contributed by atoms with E-state index in [9.17, 15) is 4.79 Å². The van der Waals surface area contributed by atoms with E-state index in [1.54, 1.807) is 14.2 Å². The lowest BCUT2D eigenvalue weighted by Crippen LogP contribution is -2.41. The molecule has 6 nitrogen and oxygen atoms in total. The predicted octanol–water partition coefficient (Wildman–Crippen LogP) is 1.12. The fourth-order valence-corrected chi connectivity index (χ4v) is 2.68. The molecule has 0 aromatic rings. The highest BCUT2D eigenvalue weighted by atomic mass is 16.5. The molecule has 0 aromatic heterocycles. The van der Waals surface area contributed by atoms with Crippen LogP contribution in [0.3, 0.4) is 0 Å². The Morgan fingerprint density at radius 3 is 2.67 bits per heavy atom. The third-order valence-corrected chi connectivity index (χ3v) is 3.94. The summed E-state index contributed by atoms with van der Waals surface area (Å²) in [5, 5.41) is 3.37. The van der Waals surface area contributed by atoms with E-state index in [1.807, 2.05) is 0 Å². The van der Waals surface area contributed by atoms with Gasteiger partial charge in [0.05, 0.1) is 13.0 Å². The number of carbonyl (C=O) groups is 1. The summed E-state index contributed by atoms with van der Waals surface area (Å²) in [6, 6.07) is 0. The molecule has 0 spiro atoms. The van der Waals surface area contributed by atoms with Crippen molar-refractivity contribution in [1.82, 2.24) is 10.2 Å². The van der Waals surface area contributed by atoms with Crippen LogP contribution >= 0.6 is 0 Å². The van der Waals surface area contributed by atoms with Crippen LogP contribution in [0.25, 0.3) is 0 Å². The van der Waals surface area contributed by atoms with Gasteiger partial charge < -0.3 is 19.7 Å². The number of guanidine groups is 1. The minimum atomic E-state index is -0.125. The predicted molar refractivity (Wildman–Crippen MR) is 83.3 cm³/mol. The van der Waals surface area contributed by atoms with Gasteiger partial charge in [0, 0.05) is 40.4 Å². The zero-order chi connectivity index (χ0) is 15.7.